The molecule has 0 spiro atoms. The molecular formula is C13H14BrN3. The third kappa shape index (κ3) is 1.72. The van der Waals surface area contributed by atoms with Crippen LogP contribution in [0.25, 0.3) is 11.3 Å². The molecule has 3 nitrogen and oxygen atoms in total. The molecule has 0 amide bonds. The summed E-state index contributed by atoms with van der Waals surface area (Å²) in [6.45, 7) is 3.92. The van der Waals surface area contributed by atoms with E-state index in [2.05, 4.69) is 44.1 Å². The van der Waals surface area contributed by atoms with Crippen molar-refractivity contribution in [3.63, 3.8) is 0 Å². The number of halogens is 1. The number of rotatable bonds is 1. The molecule has 0 aliphatic heterocycles. The fourth-order valence-corrected chi connectivity index (χ4v) is 2.54. The molecule has 0 unspecified atom stereocenters. The zero-order valence-corrected chi connectivity index (χ0v) is 11.4. The lowest BCUT2D eigenvalue weighted by Crippen LogP contribution is -2.30. The van der Waals surface area contributed by atoms with E-state index in [-0.39, 0.29) is 0 Å². The number of nitrogens with zero attached hydrogens (tertiary/aromatic N) is 1. The minimum Gasteiger partial charge on any atom is -0.344 e. The first kappa shape index (κ1) is 11.0. The number of nitrogens with two attached hydrogens (primary N) is 1. The third-order valence-corrected chi connectivity index (χ3v) is 3.58. The van der Waals surface area contributed by atoms with Gasteiger partial charge in [-0.3, -0.25) is 0 Å². The number of nitrogens with one attached hydrogen (secondary N) is 1. The van der Waals surface area contributed by atoms with Gasteiger partial charge >= 0.3 is 0 Å². The van der Waals surface area contributed by atoms with Crippen molar-refractivity contribution in [2.24, 2.45) is 5.73 Å². The summed E-state index contributed by atoms with van der Waals surface area (Å²) in [5, 5.41) is 0. The third-order valence-electron chi connectivity index (χ3n) is 3.08. The maximum atomic E-state index is 6.06. The molecule has 1 aromatic heterocycles. The Morgan fingerprint density at radius 3 is 2.88 bits per heavy atom. The maximum absolute atomic E-state index is 6.06. The number of imidazole rings is 1. The molecule has 0 bridgehead atoms. The Morgan fingerprint density at radius 2 is 2.18 bits per heavy atom. The summed E-state index contributed by atoms with van der Waals surface area (Å²) in [7, 11) is 0. The van der Waals surface area contributed by atoms with Crippen molar-refractivity contribution in [3.8, 4) is 11.3 Å². The molecule has 88 valence electrons. The van der Waals surface area contributed by atoms with E-state index in [4.69, 9.17) is 5.73 Å². The summed E-state index contributed by atoms with van der Waals surface area (Å²) < 4.78 is 1.08. The van der Waals surface area contributed by atoms with Gasteiger partial charge in [-0.1, -0.05) is 22.0 Å². The Kier molecular flexibility index (Phi) is 2.22. The highest BCUT2D eigenvalue weighted by molar-refractivity contribution is 9.10. The van der Waals surface area contributed by atoms with E-state index < -0.39 is 5.54 Å². The fraction of sp³-hybridized carbons (Fsp3) is 0.308. The van der Waals surface area contributed by atoms with Crippen LogP contribution in [0.15, 0.2) is 22.7 Å². The quantitative estimate of drug-likeness (QED) is 0.724. The van der Waals surface area contributed by atoms with Gasteiger partial charge in [-0.2, -0.15) is 0 Å². The Labute approximate surface area is 109 Å². The summed E-state index contributed by atoms with van der Waals surface area (Å²) in [4.78, 5) is 7.99. The van der Waals surface area contributed by atoms with Crippen molar-refractivity contribution < 1.29 is 0 Å². The van der Waals surface area contributed by atoms with Crippen LogP contribution in [0, 0.1) is 0 Å². The van der Waals surface area contributed by atoms with E-state index in [1.54, 1.807) is 0 Å². The monoisotopic (exact) mass is 291 g/mol. The van der Waals surface area contributed by atoms with Gasteiger partial charge in [-0.05, 0) is 31.5 Å². The second kappa shape index (κ2) is 3.43. The zero-order chi connectivity index (χ0) is 12.2. The molecule has 1 heterocycles. The van der Waals surface area contributed by atoms with Gasteiger partial charge in [-0.25, -0.2) is 4.98 Å². The molecule has 0 radical (unpaired) electrons. The number of hydrogen-bond acceptors (Lipinski definition) is 2. The van der Waals surface area contributed by atoms with Crippen molar-refractivity contribution in [1.82, 2.24) is 9.97 Å². The molecule has 1 aromatic carbocycles. The van der Waals surface area contributed by atoms with E-state index >= 15 is 0 Å². The summed E-state index contributed by atoms with van der Waals surface area (Å²) in [6.07, 6.45) is 0.918. The number of fused-ring (bicyclic) bond motifs is 3. The smallest absolute Gasteiger partial charge is 0.126 e. The molecule has 2 aromatic rings. The van der Waals surface area contributed by atoms with E-state index in [0.717, 1.165) is 22.4 Å². The van der Waals surface area contributed by atoms with Gasteiger partial charge in [0.15, 0.2) is 0 Å². The van der Waals surface area contributed by atoms with Crippen molar-refractivity contribution in [2.75, 3.05) is 0 Å². The molecular weight excluding hydrogens is 278 g/mol. The van der Waals surface area contributed by atoms with Gasteiger partial charge < -0.3 is 10.7 Å². The van der Waals surface area contributed by atoms with Crippen LogP contribution in [0.3, 0.4) is 0 Å². The maximum Gasteiger partial charge on any atom is 0.126 e. The summed E-state index contributed by atoms with van der Waals surface area (Å²) >= 11 is 3.50. The van der Waals surface area contributed by atoms with E-state index in [0.29, 0.717) is 0 Å². The summed E-state index contributed by atoms with van der Waals surface area (Å²) in [6, 6.07) is 6.33. The predicted molar refractivity (Wildman–Crippen MR) is 71.7 cm³/mol. The van der Waals surface area contributed by atoms with Crippen LogP contribution in [-0.4, -0.2) is 9.97 Å². The average molecular weight is 292 g/mol. The predicted octanol–water partition coefficient (Wildman–Crippen LogP) is 2.94. The van der Waals surface area contributed by atoms with Crippen molar-refractivity contribution in [3.05, 3.63) is 39.8 Å². The Hall–Kier alpha value is -1.13. The first-order valence-electron chi connectivity index (χ1n) is 5.62. The van der Waals surface area contributed by atoms with Crippen LogP contribution in [-0.2, 0) is 12.0 Å². The van der Waals surface area contributed by atoms with Crippen LogP contribution in [0.5, 0.6) is 0 Å². The lowest BCUT2D eigenvalue weighted by molar-refractivity contribution is 0.519. The van der Waals surface area contributed by atoms with Crippen LogP contribution < -0.4 is 5.73 Å². The highest BCUT2D eigenvalue weighted by Gasteiger charge is 2.27. The average Bonchev–Trinajstić information content (AvgIpc) is 2.74. The summed E-state index contributed by atoms with van der Waals surface area (Å²) in [5.74, 6) is 0.855. The molecule has 3 N–H and O–H groups in total. The largest absolute Gasteiger partial charge is 0.344 e. The molecule has 17 heavy (non-hydrogen) atoms. The van der Waals surface area contributed by atoms with Gasteiger partial charge in [0.2, 0.25) is 0 Å². The fourth-order valence-electron chi connectivity index (χ4n) is 2.18. The van der Waals surface area contributed by atoms with Gasteiger partial charge in [0.05, 0.1) is 11.2 Å². The van der Waals surface area contributed by atoms with E-state index in [1.165, 1.54) is 16.8 Å². The highest BCUT2D eigenvalue weighted by Crippen LogP contribution is 2.37. The number of H-pyrrole nitrogens is 1. The van der Waals surface area contributed by atoms with Gasteiger partial charge in [-0.15, -0.1) is 0 Å². The van der Waals surface area contributed by atoms with Crippen LogP contribution >= 0.6 is 15.9 Å². The molecule has 1 aliphatic carbocycles. The molecule has 0 saturated heterocycles. The second-order valence-electron chi connectivity index (χ2n) is 5.11. The SMILES string of the molecule is CC(C)(N)c1nc2c([nH]1)Cc1ccc(Br)cc1-2. The number of hydrogen-bond donors (Lipinski definition) is 2. The standard InChI is InChI=1S/C13H14BrN3/c1-13(2,15)12-16-10-5-7-3-4-8(14)6-9(7)11(10)17-12/h3-4,6H,5,15H2,1-2H3,(H,16,17). The number of aromatic nitrogens is 2. The molecule has 0 saturated carbocycles. The van der Waals surface area contributed by atoms with Crippen LogP contribution in [0.1, 0.15) is 30.9 Å². The van der Waals surface area contributed by atoms with Crippen LogP contribution in [0.2, 0.25) is 0 Å². The van der Waals surface area contributed by atoms with Gasteiger partial charge in [0.1, 0.15) is 5.82 Å². The number of aromatic amines is 1. The molecule has 3 rings (SSSR count). The minimum atomic E-state index is -0.420. The topological polar surface area (TPSA) is 54.7 Å². The molecule has 4 heteroatoms. The Morgan fingerprint density at radius 1 is 1.41 bits per heavy atom. The second-order valence-corrected chi connectivity index (χ2v) is 6.03. The first-order valence-corrected chi connectivity index (χ1v) is 6.41. The molecule has 0 atom stereocenters. The molecule has 1 aliphatic rings. The van der Waals surface area contributed by atoms with E-state index in [1.807, 2.05) is 13.8 Å². The highest BCUT2D eigenvalue weighted by atomic mass is 79.9. The summed E-state index contributed by atoms with van der Waals surface area (Å²) in [5.41, 5.74) is 10.4. The van der Waals surface area contributed by atoms with Crippen LogP contribution in [0.4, 0.5) is 0 Å². The van der Waals surface area contributed by atoms with E-state index in [9.17, 15) is 0 Å². The first-order chi connectivity index (χ1) is 7.95. The van der Waals surface area contributed by atoms with Crippen molar-refractivity contribution in [1.29, 1.82) is 0 Å². The zero-order valence-electron chi connectivity index (χ0n) is 9.84. The lowest BCUT2D eigenvalue weighted by Gasteiger charge is -2.14. The Balaban J connectivity index is 2.15. The van der Waals surface area contributed by atoms with Gasteiger partial charge in [0, 0.05) is 22.2 Å². The molecule has 0 fully saturated rings. The van der Waals surface area contributed by atoms with Crippen molar-refractivity contribution >= 4 is 15.9 Å². The minimum absolute atomic E-state index is 0.420. The van der Waals surface area contributed by atoms with Crippen molar-refractivity contribution in [2.45, 2.75) is 25.8 Å². The Bertz CT molecular complexity index is 593. The lowest BCUT2D eigenvalue weighted by atomic mass is 10.1. The van der Waals surface area contributed by atoms with Gasteiger partial charge in [0.25, 0.3) is 0 Å². The number of benzene rings is 1. The normalized spacial score (nSPS) is 13.6.